The van der Waals surface area contributed by atoms with Gasteiger partial charge in [0.1, 0.15) is 5.76 Å². The zero-order valence-corrected chi connectivity index (χ0v) is 12.6. The fourth-order valence-corrected chi connectivity index (χ4v) is 2.32. The molecule has 1 heterocycles. The SMILES string of the molecule is C=C(/C=C\C(=C/C)CCN1CCC(NC)CC1)OC. The molecular formula is C16H28N2O. The smallest absolute Gasteiger partial charge is 0.111 e. The van der Waals surface area contributed by atoms with E-state index in [9.17, 15) is 0 Å². The molecule has 0 amide bonds. The van der Waals surface area contributed by atoms with Crippen molar-refractivity contribution in [3.8, 4) is 0 Å². The number of methoxy groups -OCH3 is 1. The first-order chi connectivity index (χ1) is 9.19. The molecule has 0 spiro atoms. The van der Waals surface area contributed by atoms with Crippen molar-refractivity contribution < 1.29 is 4.74 Å². The van der Waals surface area contributed by atoms with E-state index in [4.69, 9.17) is 4.74 Å². The van der Waals surface area contributed by atoms with E-state index >= 15 is 0 Å². The highest BCUT2D eigenvalue weighted by molar-refractivity contribution is 5.23. The molecule has 1 aliphatic heterocycles. The van der Waals surface area contributed by atoms with E-state index in [1.165, 1.54) is 31.5 Å². The first-order valence-electron chi connectivity index (χ1n) is 7.15. The third-order valence-electron chi connectivity index (χ3n) is 3.83. The second-order valence-corrected chi connectivity index (χ2v) is 5.02. The second-order valence-electron chi connectivity index (χ2n) is 5.02. The highest BCUT2D eigenvalue weighted by Gasteiger charge is 2.16. The van der Waals surface area contributed by atoms with Gasteiger partial charge < -0.3 is 15.0 Å². The molecule has 19 heavy (non-hydrogen) atoms. The number of hydrogen-bond acceptors (Lipinski definition) is 3. The van der Waals surface area contributed by atoms with Crippen LogP contribution >= 0.6 is 0 Å². The molecule has 0 aromatic heterocycles. The fourth-order valence-electron chi connectivity index (χ4n) is 2.32. The van der Waals surface area contributed by atoms with E-state index in [1.807, 2.05) is 6.08 Å². The summed E-state index contributed by atoms with van der Waals surface area (Å²) < 4.78 is 5.04. The summed E-state index contributed by atoms with van der Waals surface area (Å²) in [5.74, 6) is 0.703. The van der Waals surface area contributed by atoms with Crippen LogP contribution in [-0.4, -0.2) is 44.7 Å². The van der Waals surface area contributed by atoms with Gasteiger partial charge in [-0.05, 0) is 52.4 Å². The first-order valence-corrected chi connectivity index (χ1v) is 7.15. The normalized spacial score (nSPS) is 19.0. The van der Waals surface area contributed by atoms with E-state index < -0.39 is 0 Å². The number of piperidine rings is 1. The summed E-state index contributed by atoms with van der Waals surface area (Å²) in [6, 6.07) is 0.711. The van der Waals surface area contributed by atoms with Crippen LogP contribution in [0, 0.1) is 0 Å². The van der Waals surface area contributed by atoms with Crippen LogP contribution in [0.15, 0.2) is 36.1 Å². The van der Waals surface area contributed by atoms with Crippen molar-refractivity contribution in [2.24, 2.45) is 0 Å². The third kappa shape index (κ3) is 6.08. The van der Waals surface area contributed by atoms with Gasteiger partial charge in [-0.15, -0.1) is 0 Å². The van der Waals surface area contributed by atoms with E-state index in [1.54, 1.807) is 7.11 Å². The summed E-state index contributed by atoms with van der Waals surface area (Å²) in [6.07, 6.45) is 9.82. The number of nitrogens with one attached hydrogen (secondary N) is 1. The topological polar surface area (TPSA) is 24.5 Å². The minimum atomic E-state index is 0.703. The monoisotopic (exact) mass is 264 g/mol. The Morgan fingerprint density at radius 2 is 2.05 bits per heavy atom. The van der Waals surface area contributed by atoms with E-state index in [2.05, 4.69) is 42.9 Å². The van der Waals surface area contributed by atoms with Gasteiger partial charge in [-0.25, -0.2) is 0 Å². The fraction of sp³-hybridized carbons (Fsp3) is 0.625. The number of hydrogen-bond donors (Lipinski definition) is 1. The lowest BCUT2D eigenvalue weighted by Gasteiger charge is -2.31. The minimum Gasteiger partial charge on any atom is -0.497 e. The molecule has 108 valence electrons. The molecule has 0 aromatic rings. The number of ether oxygens (including phenoxy) is 1. The molecule has 0 aromatic carbocycles. The lowest BCUT2D eigenvalue weighted by atomic mass is 10.0. The average Bonchev–Trinajstić information content (AvgIpc) is 2.47. The molecule has 0 bridgehead atoms. The van der Waals surface area contributed by atoms with E-state index in [-0.39, 0.29) is 0 Å². The van der Waals surface area contributed by atoms with Crippen LogP contribution in [0.1, 0.15) is 26.2 Å². The molecule has 0 radical (unpaired) electrons. The van der Waals surface area contributed by atoms with Crippen LogP contribution in [0.5, 0.6) is 0 Å². The largest absolute Gasteiger partial charge is 0.497 e. The Labute approximate surface area is 118 Å². The maximum atomic E-state index is 5.04. The first kappa shape index (κ1) is 16.0. The van der Waals surface area contributed by atoms with Gasteiger partial charge in [0.2, 0.25) is 0 Å². The Kier molecular flexibility index (Phi) is 7.53. The maximum absolute atomic E-state index is 5.04. The molecule has 3 nitrogen and oxygen atoms in total. The molecule has 0 atom stereocenters. The molecule has 1 rings (SSSR count). The predicted octanol–water partition coefficient (Wildman–Crippen LogP) is 2.72. The Morgan fingerprint density at radius 3 is 2.58 bits per heavy atom. The molecule has 1 fully saturated rings. The van der Waals surface area contributed by atoms with Crippen molar-refractivity contribution in [2.75, 3.05) is 33.8 Å². The van der Waals surface area contributed by atoms with Crippen LogP contribution in [0.25, 0.3) is 0 Å². The van der Waals surface area contributed by atoms with Crippen LogP contribution in [0.4, 0.5) is 0 Å². The van der Waals surface area contributed by atoms with Crippen molar-refractivity contribution in [3.05, 3.63) is 36.1 Å². The van der Waals surface area contributed by atoms with Gasteiger partial charge in [-0.2, -0.15) is 0 Å². The van der Waals surface area contributed by atoms with Crippen molar-refractivity contribution in [2.45, 2.75) is 32.2 Å². The summed E-state index contributed by atoms with van der Waals surface area (Å²) in [7, 11) is 3.71. The number of allylic oxidation sites excluding steroid dienone is 3. The molecule has 1 saturated heterocycles. The van der Waals surface area contributed by atoms with Gasteiger partial charge in [0, 0.05) is 12.6 Å². The quantitative estimate of drug-likeness (QED) is 0.565. The van der Waals surface area contributed by atoms with Crippen LogP contribution in [-0.2, 0) is 4.74 Å². The van der Waals surface area contributed by atoms with E-state index in [0.717, 1.165) is 13.0 Å². The molecule has 3 heteroatoms. The molecule has 0 saturated carbocycles. The maximum Gasteiger partial charge on any atom is 0.111 e. The molecule has 0 aliphatic carbocycles. The van der Waals surface area contributed by atoms with Gasteiger partial charge in [0.25, 0.3) is 0 Å². The van der Waals surface area contributed by atoms with Crippen molar-refractivity contribution in [3.63, 3.8) is 0 Å². The van der Waals surface area contributed by atoms with Crippen LogP contribution in [0.3, 0.4) is 0 Å². The van der Waals surface area contributed by atoms with Crippen molar-refractivity contribution in [1.82, 2.24) is 10.2 Å². The molecule has 1 N–H and O–H groups in total. The van der Waals surface area contributed by atoms with Gasteiger partial charge in [0.15, 0.2) is 0 Å². The minimum absolute atomic E-state index is 0.703. The van der Waals surface area contributed by atoms with Gasteiger partial charge in [-0.3, -0.25) is 0 Å². The lowest BCUT2D eigenvalue weighted by molar-refractivity contribution is 0.204. The van der Waals surface area contributed by atoms with Crippen molar-refractivity contribution >= 4 is 0 Å². The zero-order chi connectivity index (χ0) is 14.1. The summed E-state index contributed by atoms with van der Waals surface area (Å²) >= 11 is 0. The number of rotatable bonds is 7. The number of nitrogens with zero attached hydrogens (tertiary/aromatic N) is 1. The summed E-state index contributed by atoms with van der Waals surface area (Å²) in [5, 5.41) is 3.37. The summed E-state index contributed by atoms with van der Waals surface area (Å²) in [6.45, 7) is 9.43. The number of likely N-dealkylation sites (tertiary alicyclic amines) is 1. The summed E-state index contributed by atoms with van der Waals surface area (Å²) in [4.78, 5) is 2.55. The predicted molar refractivity (Wildman–Crippen MR) is 82.2 cm³/mol. The van der Waals surface area contributed by atoms with Gasteiger partial charge >= 0.3 is 0 Å². The van der Waals surface area contributed by atoms with Gasteiger partial charge in [0.05, 0.1) is 7.11 Å². The lowest BCUT2D eigenvalue weighted by Crippen LogP contribution is -2.41. The highest BCUT2D eigenvalue weighted by Crippen LogP contribution is 2.13. The van der Waals surface area contributed by atoms with Crippen molar-refractivity contribution in [1.29, 1.82) is 0 Å². The third-order valence-corrected chi connectivity index (χ3v) is 3.83. The van der Waals surface area contributed by atoms with E-state index in [0.29, 0.717) is 11.8 Å². The molecular weight excluding hydrogens is 236 g/mol. The Balaban J connectivity index is 2.31. The molecule has 1 aliphatic rings. The Hall–Kier alpha value is -1.06. The van der Waals surface area contributed by atoms with Gasteiger partial charge in [-0.1, -0.05) is 24.3 Å². The zero-order valence-electron chi connectivity index (χ0n) is 12.6. The average molecular weight is 264 g/mol. The Bertz CT molecular complexity index is 326. The highest BCUT2D eigenvalue weighted by atomic mass is 16.5. The van der Waals surface area contributed by atoms with Crippen LogP contribution < -0.4 is 5.32 Å². The van der Waals surface area contributed by atoms with Crippen LogP contribution in [0.2, 0.25) is 0 Å². The Morgan fingerprint density at radius 1 is 1.37 bits per heavy atom. The second kappa shape index (κ2) is 8.94. The summed E-state index contributed by atoms with van der Waals surface area (Å²) in [5.41, 5.74) is 1.34. The standard InChI is InChI=1S/C16H28N2O/c1-5-15(7-6-14(2)19-4)8-11-18-12-9-16(17-3)10-13-18/h5-7,16-17H,2,8-13H2,1,3-4H3/b7-6-,15-5+. The molecule has 0 unspecified atom stereocenters.